The minimum absolute atomic E-state index is 0.279. The summed E-state index contributed by atoms with van der Waals surface area (Å²) in [5.41, 5.74) is 1.11. The van der Waals surface area contributed by atoms with E-state index in [2.05, 4.69) is 15.3 Å². The van der Waals surface area contributed by atoms with Crippen molar-refractivity contribution >= 4 is 11.9 Å². The van der Waals surface area contributed by atoms with E-state index in [1.807, 2.05) is 30.3 Å². The van der Waals surface area contributed by atoms with Crippen molar-refractivity contribution in [1.29, 1.82) is 0 Å². The summed E-state index contributed by atoms with van der Waals surface area (Å²) in [6.45, 7) is 0.613. The molecule has 74 valence electrons. The number of aromatic nitrogens is 3. The van der Waals surface area contributed by atoms with Crippen LogP contribution in [0.3, 0.4) is 0 Å². The van der Waals surface area contributed by atoms with Gasteiger partial charge in [0.05, 0.1) is 12.7 Å². The van der Waals surface area contributed by atoms with Gasteiger partial charge in [-0.1, -0.05) is 35.5 Å². The second-order valence-corrected chi connectivity index (χ2v) is 2.96. The first-order valence-corrected chi connectivity index (χ1v) is 4.40. The van der Waals surface area contributed by atoms with Crippen molar-refractivity contribution in [3.8, 4) is 0 Å². The first kappa shape index (κ1) is 9.30. The van der Waals surface area contributed by atoms with Gasteiger partial charge >= 0.3 is 0 Å². The van der Waals surface area contributed by atoms with Gasteiger partial charge in [0.25, 0.3) is 0 Å². The molecule has 0 amide bonds. The molecule has 5 nitrogen and oxygen atoms in total. The SMILES string of the molecule is O=C=Nc1cn(Cc2ccccc2)nn1. The molecule has 0 aliphatic carbocycles. The van der Waals surface area contributed by atoms with Gasteiger partial charge < -0.3 is 0 Å². The summed E-state index contributed by atoms with van der Waals surface area (Å²) < 4.78 is 1.62. The van der Waals surface area contributed by atoms with E-state index in [4.69, 9.17) is 0 Å². The molecule has 1 aromatic carbocycles. The normalized spacial score (nSPS) is 9.60. The molecule has 0 spiro atoms. The lowest BCUT2D eigenvalue weighted by molar-refractivity contribution is 0.565. The van der Waals surface area contributed by atoms with E-state index in [1.165, 1.54) is 6.08 Å². The van der Waals surface area contributed by atoms with Gasteiger partial charge in [-0.2, -0.15) is 0 Å². The zero-order valence-electron chi connectivity index (χ0n) is 7.87. The van der Waals surface area contributed by atoms with Gasteiger partial charge in [0.2, 0.25) is 11.9 Å². The Kier molecular flexibility index (Phi) is 2.67. The number of hydrogen-bond donors (Lipinski definition) is 0. The van der Waals surface area contributed by atoms with Crippen LogP contribution < -0.4 is 0 Å². The van der Waals surface area contributed by atoms with Crippen molar-refractivity contribution in [2.75, 3.05) is 0 Å². The molecule has 0 aliphatic rings. The summed E-state index contributed by atoms with van der Waals surface area (Å²) in [5, 5.41) is 7.51. The van der Waals surface area contributed by atoms with Gasteiger partial charge in [-0.05, 0) is 5.56 Å². The second-order valence-electron chi connectivity index (χ2n) is 2.96. The van der Waals surface area contributed by atoms with Crippen molar-refractivity contribution in [1.82, 2.24) is 15.0 Å². The molecule has 0 radical (unpaired) electrons. The Morgan fingerprint density at radius 3 is 2.87 bits per heavy atom. The largest absolute Gasteiger partial charge is 0.246 e. The van der Waals surface area contributed by atoms with Gasteiger partial charge in [0, 0.05) is 0 Å². The standard InChI is InChI=1S/C10H8N4O/c15-8-11-10-7-14(13-12-10)6-9-4-2-1-3-5-9/h1-5,7H,6H2. The maximum Gasteiger partial charge on any atom is 0.242 e. The second kappa shape index (κ2) is 4.30. The third-order valence-electron chi connectivity index (χ3n) is 1.87. The zero-order chi connectivity index (χ0) is 10.5. The highest BCUT2D eigenvalue weighted by atomic mass is 16.1. The van der Waals surface area contributed by atoms with E-state index in [0.717, 1.165) is 5.56 Å². The summed E-state index contributed by atoms with van der Waals surface area (Å²) in [7, 11) is 0. The molecule has 2 aromatic rings. The Labute approximate surface area is 86.1 Å². The van der Waals surface area contributed by atoms with Crippen molar-refractivity contribution in [2.24, 2.45) is 4.99 Å². The molecule has 0 bridgehead atoms. The average molecular weight is 200 g/mol. The molecule has 0 fully saturated rings. The first-order chi connectivity index (χ1) is 7.38. The van der Waals surface area contributed by atoms with Crippen molar-refractivity contribution in [3.05, 3.63) is 42.1 Å². The van der Waals surface area contributed by atoms with Crippen LogP contribution in [0.4, 0.5) is 5.82 Å². The average Bonchev–Trinajstić information content (AvgIpc) is 2.68. The quantitative estimate of drug-likeness (QED) is 0.554. The van der Waals surface area contributed by atoms with Crippen LogP contribution in [0.5, 0.6) is 0 Å². The van der Waals surface area contributed by atoms with Crippen LogP contribution in [-0.4, -0.2) is 21.1 Å². The molecule has 0 saturated carbocycles. The monoisotopic (exact) mass is 200 g/mol. The fraction of sp³-hybridized carbons (Fsp3) is 0.100. The topological polar surface area (TPSA) is 60.1 Å². The van der Waals surface area contributed by atoms with Crippen molar-refractivity contribution in [3.63, 3.8) is 0 Å². The Morgan fingerprint density at radius 2 is 2.13 bits per heavy atom. The molecule has 2 rings (SSSR count). The van der Waals surface area contributed by atoms with E-state index in [9.17, 15) is 4.79 Å². The third kappa shape index (κ3) is 2.36. The molecule has 1 aromatic heterocycles. The van der Waals surface area contributed by atoms with E-state index >= 15 is 0 Å². The number of nitrogens with zero attached hydrogens (tertiary/aromatic N) is 4. The summed E-state index contributed by atoms with van der Waals surface area (Å²) in [6.07, 6.45) is 3.02. The Balaban J connectivity index is 2.15. The Morgan fingerprint density at radius 1 is 1.33 bits per heavy atom. The lowest BCUT2D eigenvalue weighted by Gasteiger charge is -1.98. The highest BCUT2D eigenvalue weighted by molar-refractivity contribution is 5.42. The molecule has 0 saturated heterocycles. The molecule has 0 N–H and O–H groups in total. The summed E-state index contributed by atoms with van der Waals surface area (Å²) >= 11 is 0. The Bertz CT molecular complexity index is 485. The summed E-state index contributed by atoms with van der Waals surface area (Å²) in [6, 6.07) is 9.84. The number of benzene rings is 1. The number of hydrogen-bond acceptors (Lipinski definition) is 4. The number of rotatable bonds is 3. The molecule has 5 heteroatoms. The summed E-state index contributed by atoms with van der Waals surface area (Å²) in [5.74, 6) is 0.279. The predicted octanol–water partition coefficient (Wildman–Crippen LogP) is 1.29. The molecule has 1 heterocycles. The van der Waals surface area contributed by atoms with Crippen molar-refractivity contribution in [2.45, 2.75) is 6.54 Å². The Hall–Kier alpha value is -2.26. The first-order valence-electron chi connectivity index (χ1n) is 4.40. The van der Waals surface area contributed by atoms with Gasteiger partial charge in [0.15, 0.2) is 0 Å². The van der Waals surface area contributed by atoms with Crippen LogP contribution in [0, 0.1) is 0 Å². The molecule has 0 atom stereocenters. The smallest absolute Gasteiger partial charge is 0.242 e. The van der Waals surface area contributed by atoms with E-state index < -0.39 is 0 Å². The maximum atomic E-state index is 9.97. The van der Waals surface area contributed by atoms with E-state index in [1.54, 1.807) is 10.9 Å². The van der Waals surface area contributed by atoms with E-state index in [-0.39, 0.29) is 5.82 Å². The molecule has 0 aliphatic heterocycles. The predicted molar refractivity (Wildman–Crippen MR) is 53.3 cm³/mol. The third-order valence-corrected chi connectivity index (χ3v) is 1.87. The highest BCUT2D eigenvalue weighted by Crippen LogP contribution is 2.06. The van der Waals surface area contributed by atoms with Crippen LogP contribution in [0.25, 0.3) is 0 Å². The fourth-order valence-electron chi connectivity index (χ4n) is 1.23. The molecular weight excluding hydrogens is 192 g/mol. The minimum Gasteiger partial charge on any atom is -0.246 e. The lowest BCUT2D eigenvalue weighted by Crippen LogP contribution is -1.99. The molecule has 15 heavy (non-hydrogen) atoms. The van der Waals surface area contributed by atoms with Crippen LogP contribution >= 0.6 is 0 Å². The maximum absolute atomic E-state index is 9.97. The molecule has 0 unspecified atom stereocenters. The van der Waals surface area contributed by atoms with Gasteiger partial charge in [0.1, 0.15) is 0 Å². The fourth-order valence-corrected chi connectivity index (χ4v) is 1.23. The summed E-state index contributed by atoms with van der Waals surface area (Å²) in [4.78, 5) is 13.3. The van der Waals surface area contributed by atoms with Crippen LogP contribution in [0.2, 0.25) is 0 Å². The van der Waals surface area contributed by atoms with Crippen LogP contribution in [0.1, 0.15) is 5.56 Å². The van der Waals surface area contributed by atoms with Crippen molar-refractivity contribution < 1.29 is 4.79 Å². The number of isocyanates is 1. The minimum atomic E-state index is 0.279. The number of aliphatic imine (C=N–C) groups is 1. The van der Waals surface area contributed by atoms with Gasteiger partial charge in [-0.15, -0.1) is 10.1 Å². The lowest BCUT2D eigenvalue weighted by atomic mass is 10.2. The zero-order valence-corrected chi connectivity index (χ0v) is 7.87. The van der Waals surface area contributed by atoms with Crippen LogP contribution in [0.15, 0.2) is 41.5 Å². The van der Waals surface area contributed by atoms with E-state index in [0.29, 0.717) is 6.54 Å². The van der Waals surface area contributed by atoms with Gasteiger partial charge in [-0.3, -0.25) is 0 Å². The number of carbonyl (C=O) groups excluding carboxylic acids is 1. The highest BCUT2D eigenvalue weighted by Gasteiger charge is 1.99. The van der Waals surface area contributed by atoms with Crippen LogP contribution in [-0.2, 0) is 11.3 Å². The molecular formula is C10H8N4O. The van der Waals surface area contributed by atoms with Gasteiger partial charge in [-0.25, -0.2) is 9.48 Å².